The maximum absolute atomic E-state index is 13.1. The van der Waals surface area contributed by atoms with Crippen LogP contribution in [0.1, 0.15) is 17.2 Å². The Hall–Kier alpha value is -2.89. The van der Waals surface area contributed by atoms with Crippen molar-refractivity contribution in [2.24, 2.45) is 12.0 Å². The van der Waals surface area contributed by atoms with Gasteiger partial charge in [-0.05, 0) is 48.9 Å². The number of ether oxygens (including phenoxy) is 2. The van der Waals surface area contributed by atoms with Crippen molar-refractivity contribution in [2.45, 2.75) is 20.0 Å². The van der Waals surface area contributed by atoms with Crippen LogP contribution in [0, 0.1) is 12.7 Å². The zero-order valence-electron chi connectivity index (χ0n) is 19.3. The third-order valence-corrected chi connectivity index (χ3v) is 5.03. The van der Waals surface area contributed by atoms with E-state index in [9.17, 15) is 4.39 Å². The molecule has 33 heavy (non-hydrogen) atoms. The van der Waals surface area contributed by atoms with Crippen LogP contribution >= 0.6 is 24.0 Å². The quantitative estimate of drug-likeness (QED) is 0.242. The first-order valence-corrected chi connectivity index (χ1v) is 10.3. The van der Waals surface area contributed by atoms with Crippen LogP contribution in [0.4, 0.5) is 4.39 Å². The van der Waals surface area contributed by atoms with Gasteiger partial charge in [-0.1, -0.05) is 12.1 Å². The van der Waals surface area contributed by atoms with Gasteiger partial charge in [-0.3, -0.25) is 0 Å². The molecule has 3 rings (SSSR count). The van der Waals surface area contributed by atoms with Crippen molar-refractivity contribution >= 4 is 29.9 Å². The molecule has 0 aliphatic carbocycles. The highest BCUT2D eigenvalue weighted by Crippen LogP contribution is 2.13. The van der Waals surface area contributed by atoms with Crippen molar-refractivity contribution in [3.63, 3.8) is 0 Å². The molecule has 0 atom stereocenters. The number of methoxy groups -OCH3 is 1. The summed E-state index contributed by atoms with van der Waals surface area (Å²) in [5, 5.41) is 11.7. The Labute approximate surface area is 210 Å². The molecule has 0 saturated heterocycles. The molecule has 0 radical (unpaired) electrons. The van der Waals surface area contributed by atoms with Crippen LogP contribution in [0.2, 0.25) is 0 Å². The van der Waals surface area contributed by atoms with Crippen LogP contribution < -0.4 is 14.8 Å². The fraction of sp³-hybridized carbons (Fsp3) is 0.348. The molecule has 0 bridgehead atoms. The minimum absolute atomic E-state index is 0. The Kier molecular flexibility index (Phi) is 10.4. The third kappa shape index (κ3) is 7.88. The van der Waals surface area contributed by atoms with E-state index < -0.39 is 0 Å². The number of aromatic nitrogens is 3. The summed E-state index contributed by atoms with van der Waals surface area (Å²) in [7, 11) is 5.52. The van der Waals surface area contributed by atoms with Gasteiger partial charge in [-0.25, -0.2) is 9.38 Å². The normalized spacial score (nSPS) is 11.0. The van der Waals surface area contributed by atoms with Crippen molar-refractivity contribution in [1.29, 1.82) is 0 Å². The first-order valence-electron chi connectivity index (χ1n) is 10.3. The number of aryl methyl sites for hydroxylation is 1. The van der Waals surface area contributed by atoms with E-state index in [1.165, 1.54) is 12.1 Å². The zero-order chi connectivity index (χ0) is 22.9. The summed E-state index contributed by atoms with van der Waals surface area (Å²) in [5.41, 5.74) is 1.07. The molecule has 0 saturated carbocycles. The van der Waals surface area contributed by atoms with Crippen LogP contribution in [0.3, 0.4) is 0 Å². The Morgan fingerprint density at radius 2 is 1.76 bits per heavy atom. The molecule has 0 spiro atoms. The van der Waals surface area contributed by atoms with E-state index in [1.54, 1.807) is 19.2 Å². The first kappa shape index (κ1) is 26.4. The molecule has 10 heteroatoms. The fourth-order valence-corrected chi connectivity index (χ4v) is 2.91. The minimum atomic E-state index is -0.286. The predicted molar refractivity (Wildman–Crippen MR) is 137 cm³/mol. The van der Waals surface area contributed by atoms with E-state index >= 15 is 0 Å². The SMILES string of the molecule is COc1ccc(CN=C(NCc2nnc(C)n2C)N(C)CCOc2ccc(F)cc2)cc1.I. The lowest BCUT2D eigenvalue weighted by Gasteiger charge is -2.22. The number of guanidine groups is 1. The highest BCUT2D eigenvalue weighted by atomic mass is 127. The molecule has 0 unspecified atom stereocenters. The number of benzene rings is 2. The molecule has 0 amide bonds. The maximum Gasteiger partial charge on any atom is 0.194 e. The van der Waals surface area contributed by atoms with Crippen molar-refractivity contribution in [1.82, 2.24) is 25.0 Å². The van der Waals surface area contributed by atoms with Crippen molar-refractivity contribution in [3.05, 3.63) is 71.6 Å². The molecule has 1 aromatic heterocycles. The van der Waals surface area contributed by atoms with E-state index in [4.69, 9.17) is 14.5 Å². The number of hydrogen-bond acceptors (Lipinski definition) is 5. The summed E-state index contributed by atoms with van der Waals surface area (Å²) in [6, 6.07) is 13.8. The summed E-state index contributed by atoms with van der Waals surface area (Å²) >= 11 is 0. The predicted octanol–water partition coefficient (Wildman–Crippen LogP) is 3.55. The van der Waals surface area contributed by atoms with Crippen molar-refractivity contribution < 1.29 is 13.9 Å². The number of nitrogens with zero attached hydrogens (tertiary/aromatic N) is 5. The molecule has 0 aliphatic rings. The summed E-state index contributed by atoms with van der Waals surface area (Å²) in [5.74, 6) is 3.52. The van der Waals surface area contributed by atoms with Crippen LogP contribution in [0.5, 0.6) is 11.5 Å². The van der Waals surface area contributed by atoms with E-state index in [2.05, 4.69) is 15.5 Å². The van der Waals surface area contributed by atoms with Crippen LogP contribution in [0.25, 0.3) is 0 Å². The molecule has 178 valence electrons. The number of halogens is 2. The number of hydrogen-bond donors (Lipinski definition) is 1. The monoisotopic (exact) mass is 568 g/mol. The van der Waals surface area contributed by atoms with Gasteiger partial charge in [0.05, 0.1) is 26.7 Å². The van der Waals surface area contributed by atoms with E-state index in [1.807, 2.05) is 54.8 Å². The maximum atomic E-state index is 13.1. The van der Waals surface area contributed by atoms with Crippen molar-refractivity contribution in [2.75, 3.05) is 27.3 Å². The smallest absolute Gasteiger partial charge is 0.194 e. The van der Waals surface area contributed by atoms with Gasteiger partial charge in [0, 0.05) is 14.1 Å². The zero-order valence-corrected chi connectivity index (χ0v) is 21.6. The molecular weight excluding hydrogens is 538 g/mol. The molecule has 8 nitrogen and oxygen atoms in total. The van der Waals surface area contributed by atoms with Gasteiger partial charge in [0.25, 0.3) is 0 Å². The van der Waals surface area contributed by atoms with Gasteiger partial charge >= 0.3 is 0 Å². The fourth-order valence-electron chi connectivity index (χ4n) is 2.91. The molecule has 1 heterocycles. The molecule has 1 N–H and O–H groups in total. The summed E-state index contributed by atoms with van der Waals surface area (Å²) in [4.78, 5) is 6.75. The third-order valence-electron chi connectivity index (χ3n) is 5.03. The van der Waals surface area contributed by atoms with Gasteiger partial charge in [-0.2, -0.15) is 0 Å². The molecule has 2 aromatic carbocycles. The molecule has 0 fully saturated rings. The minimum Gasteiger partial charge on any atom is -0.497 e. The second-order valence-electron chi connectivity index (χ2n) is 7.29. The van der Waals surface area contributed by atoms with E-state index in [0.29, 0.717) is 38.0 Å². The van der Waals surface area contributed by atoms with Gasteiger partial charge in [0.15, 0.2) is 11.8 Å². The summed E-state index contributed by atoms with van der Waals surface area (Å²) < 4.78 is 25.9. The van der Waals surface area contributed by atoms with Gasteiger partial charge < -0.3 is 24.3 Å². The standard InChI is InChI=1S/C23H29FN6O2.HI/c1-17-27-28-22(30(17)3)16-26-23(25-15-18-5-9-20(31-4)10-6-18)29(2)13-14-32-21-11-7-19(24)8-12-21;/h5-12H,13-16H2,1-4H3,(H,25,26);1H. The Balaban J connectivity index is 0.00000385. The number of nitrogens with one attached hydrogen (secondary N) is 1. The Bertz CT molecular complexity index is 1020. The van der Waals surface area contributed by atoms with Gasteiger partial charge in [0.1, 0.15) is 29.7 Å². The molecule has 0 aliphatic heterocycles. The second-order valence-corrected chi connectivity index (χ2v) is 7.29. The lowest BCUT2D eigenvalue weighted by atomic mass is 10.2. The first-order chi connectivity index (χ1) is 15.5. The molecular formula is C23H30FIN6O2. The topological polar surface area (TPSA) is 76.8 Å². The molecule has 3 aromatic rings. The van der Waals surface area contributed by atoms with Gasteiger partial charge in [-0.15, -0.1) is 34.2 Å². The average molecular weight is 568 g/mol. The Morgan fingerprint density at radius 1 is 1.09 bits per heavy atom. The lowest BCUT2D eigenvalue weighted by Crippen LogP contribution is -2.41. The van der Waals surface area contributed by atoms with E-state index in [0.717, 1.165) is 23.0 Å². The lowest BCUT2D eigenvalue weighted by molar-refractivity contribution is 0.280. The van der Waals surface area contributed by atoms with Gasteiger partial charge in [0.2, 0.25) is 0 Å². The second kappa shape index (κ2) is 13.0. The Morgan fingerprint density at radius 3 is 2.36 bits per heavy atom. The average Bonchev–Trinajstić information content (AvgIpc) is 3.13. The van der Waals surface area contributed by atoms with Crippen LogP contribution in [-0.4, -0.2) is 52.9 Å². The highest BCUT2D eigenvalue weighted by molar-refractivity contribution is 14.0. The number of aliphatic imine (C=N–C) groups is 1. The van der Waals surface area contributed by atoms with Crippen LogP contribution in [-0.2, 0) is 20.1 Å². The van der Waals surface area contributed by atoms with Crippen molar-refractivity contribution in [3.8, 4) is 11.5 Å². The largest absolute Gasteiger partial charge is 0.497 e. The highest BCUT2D eigenvalue weighted by Gasteiger charge is 2.10. The number of rotatable bonds is 9. The summed E-state index contributed by atoms with van der Waals surface area (Å²) in [6.07, 6.45) is 0. The van der Waals surface area contributed by atoms with Crippen LogP contribution in [0.15, 0.2) is 53.5 Å². The summed E-state index contributed by atoms with van der Waals surface area (Å²) in [6.45, 7) is 3.92. The van der Waals surface area contributed by atoms with E-state index in [-0.39, 0.29) is 29.8 Å². The number of likely N-dealkylation sites (N-methyl/N-ethyl adjacent to an activating group) is 1.